The van der Waals surface area contributed by atoms with E-state index in [9.17, 15) is 9.59 Å². The zero-order valence-corrected chi connectivity index (χ0v) is 26.7. The molecule has 0 saturated heterocycles. The Hall–Kier alpha value is -5.30. The molecule has 0 aliphatic carbocycles. The number of nitrogens with zero attached hydrogens (tertiary/aromatic N) is 2. The Kier molecular flexibility index (Phi) is 12.6. The summed E-state index contributed by atoms with van der Waals surface area (Å²) in [4.78, 5) is 23.7. The van der Waals surface area contributed by atoms with Crippen molar-refractivity contribution >= 4 is 23.4 Å². The van der Waals surface area contributed by atoms with Crippen molar-refractivity contribution in [1.82, 2.24) is 0 Å². The van der Waals surface area contributed by atoms with Crippen LogP contribution in [-0.4, -0.2) is 36.6 Å². The maximum absolute atomic E-state index is 12.7. The second-order valence-corrected chi connectivity index (χ2v) is 10.6. The average Bonchev–Trinajstić information content (AvgIpc) is 3.09. The normalized spacial score (nSPS) is 11.5. The van der Waals surface area contributed by atoms with Crippen LogP contribution in [0.3, 0.4) is 0 Å². The summed E-state index contributed by atoms with van der Waals surface area (Å²) in [6, 6.07) is 30.9. The second kappa shape index (κ2) is 17.3. The first kappa shape index (κ1) is 33.6. The number of hydrogen-bond donors (Lipinski definition) is 0. The molecule has 0 N–H and O–H groups in total. The molecule has 0 heterocycles. The van der Waals surface area contributed by atoms with Crippen LogP contribution in [0.15, 0.2) is 120 Å². The summed E-state index contributed by atoms with van der Waals surface area (Å²) in [5.74, 6) is 0.230. The molecule has 0 radical (unpaired) electrons. The molecule has 0 bridgehead atoms. The minimum absolute atomic E-state index is 0.326. The lowest BCUT2D eigenvalue weighted by molar-refractivity contribution is -0.137. The summed E-state index contributed by atoms with van der Waals surface area (Å²) in [6.07, 6.45) is 4.12. The van der Waals surface area contributed by atoms with Gasteiger partial charge in [0.15, 0.2) is 0 Å². The van der Waals surface area contributed by atoms with E-state index in [1.165, 1.54) is 5.56 Å². The van der Waals surface area contributed by atoms with Gasteiger partial charge in [-0.3, -0.25) is 0 Å². The van der Waals surface area contributed by atoms with Crippen LogP contribution in [0.2, 0.25) is 0 Å². The van der Waals surface area contributed by atoms with Crippen molar-refractivity contribution < 1.29 is 23.8 Å². The van der Waals surface area contributed by atoms with Crippen LogP contribution < -0.4 is 9.47 Å². The highest BCUT2D eigenvalue weighted by Crippen LogP contribution is 2.24. The summed E-state index contributed by atoms with van der Waals surface area (Å²) < 4.78 is 16.2. The maximum Gasteiger partial charge on any atom is 0.343 e. The summed E-state index contributed by atoms with van der Waals surface area (Å²) in [5.41, 5.74) is 7.70. The standard InChI is InChI=1S/C39H40N2O5/c1-5-36(31-12-10-28(4)11-13-31)40-41-37(6-2)32-16-14-29(15-17-32)30-18-24-35(25-19-30)46-39(43)33-20-22-34(23-21-33)44-26-8-9-27-45-38(42)7-3/h7,10-25H,3,5-6,8-9,26-27H2,1-2,4H3/b40-36+,41-37+. The third kappa shape index (κ3) is 9.86. The largest absolute Gasteiger partial charge is 0.494 e. The smallest absolute Gasteiger partial charge is 0.343 e. The van der Waals surface area contributed by atoms with E-state index in [-0.39, 0.29) is 0 Å². The maximum atomic E-state index is 12.7. The number of esters is 2. The van der Waals surface area contributed by atoms with Crippen LogP contribution in [-0.2, 0) is 9.53 Å². The summed E-state index contributed by atoms with van der Waals surface area (Å²) in [7, 11) is 0. The van der Waals surface area contributed by atoms with Crippen LogP contribution in [0.25, 0.3) is 11.1 Å². The Morgan fingerprint density at radius 3 is 1.67 bits per heavy atom. The number of benzene rings is 4. The van der Waals surface area contributed by atoms with Crippen LogP contribution in [0.1, 0.15) is 66.6 Å². The van der Waals surface area contributed by atoms with E-state index in [2.05, 4.69) is 86.1 Å². The Labute approximate surface area is 271 Å². The number of carbonyl (C=O) groups is 2. The number of unbranched alkanes of at least 4 members (excludes halogenated alkanes) is 1. The Balaban J connectivity index is 1.30. The van der Waals surface area contributed by atoms with Crippen LogP contribution >= 0.6 is 0 Å². The van der Waals surface area contributed by atoms with E-state index in [0.717, 1.165) is 59.0 Å². The first-order valence-electron chi connectivity index (χ1n) is 15.6. The van der Waals surface area contributed by atoms with Gasteiger partial charge in [0.1, 0.15) is 11.5 Å². The van der Waals surface area contributed by atoms with Gasteiger partial charge in [0.2, 0.25) is 0 Å². The monoisotopic (exact) mass is 616 g/mol. The molecule has 0 fully saturated rings. The summed E-state index contributed by atoms with van der Waals surface area (Å²) >= 11 is 0. The van der Waals surface area contributed by atoms with Crippen LogP contribution in [0.5, 0.6) is 11.5 Å². The molecule has 4 aromatic carbocycles. The summed E-state index contributed by atoms with van der Waals surface area (Å²) in [5, 5.41) is 9.22. The third-order valence-corrected chi connectivity index (χ3v) is 7.27. The van der Waals surface area contributed by atoms with E-state index in [0.29, 0.717) is 36.7 Å². The molecule has 0 spiro atoms. The number of carbonyl (C=O) groups excluding carboxylic acids is 2. The molecular weight excluding hydrogens is 576 g/mol. The molecule has 0 unspecified atom stereocenters. The molecule has 0 amide bonds. The van der Waals surface area contributed by atoms with Crippen molar-refractivity contribution in [3.8, 4) is 22.6 Å². The van der Waals surface area contributed by atoms with Gasteiger partial charge >= 0.3 is 11.9 Å². The van der Waals surface area contributed by atoms with Crippen molar-refractivity contribution in [2.45, 2.75) is 46.5 Å². The molecule has 7 heteroatoms. The molecule has 4 rings (SSSR count). The van der Waals surface area contributed by atoms with Gasteiger partial charge in [-0.2, -0.15) is 10.2 Å². The van der Waals surface area contributed by atoms with E-state index in [1.54, 1.807) is 36.4 Å². The molecule has 4 aromatic rings. The SMILES string of the molecule is C=CC(=O)OCCCCOc1ccc(C(=O)Oc2ccc(-c3ccc(/C(CC)=N/N=C(\CC)c4ccc(C)cc4)cc3)cc2)cc1. The van der Waals surface area contributed by atoms with Crippen LogP contribution in [0.4, 0.5) is 0 Å². The van der Waals surface area contributed by atoms with Gasteiger partial charge in [-0.15, -0.1) is 0 Å². The molecule has 0 saturated carbocycles. The minimum atomic E-state index is -0.449. The molecule has 7 nitrogen and oxygen atoms in total. The van der Waals surface area contributed by atoms with E-state index in [4.69, 9.17) is 14.2 Å². The molecule has 0 aromatic heterocycles. The fraction of sp³-hybridized carbons (Fsp3) is 0.231. The van der Waals surface area contributed by atoms with Crippen molar-refractivity contribution in [3.05, 3.63) is 132 Å². The van der Waals surface area contributed by atoms with Crippen molar-refractivity contribution in [2.75, 3.05) is 13.2 Å². The van der Waals surface area contributed by atoms with Gasteiger partial charge in [-0.25, -0.2) is 9.59 Å². The number of ether oxygens (including phenoxy) is 3. The fourth-order valence-corrected chi connectivity index (χ4v) is 4.58. The molecule has 236 valence electrons. The van der Waals surface area contributed by atoms with Gasteiger partial charge in [0.25, 0.3) is 0 Å². The second-order valence-electron chi connectivity index (χ2n) is 10.6. The molecule has 46 heavy (non-hydrogen) atoms. The quantitative estimate of drug-likeness (QED) is 0.0333. The minimum Gasteiger partial charge on any atom is -0.494 e. The van der Waals surface area contributed by atoms with Crippen molar-refractivity contribution in [2.24, 2.45) is 10.2 Å². The predicted molar refractivity (Wildman–Crippen MR) is 184 cm³/mol. The highest BCUT2D eigenvalue weighted by Gasteiger charge is 2.10. The number of hydrogen-bond acceptors (Lipinski definition) is 7. The Bertz CT molecular complexity index is 1650. The topological polar surface area (TPSA) is 86.5 Å². The molecule has 0 aliphatic heterocycles. The lowest BCUT2D eigenvalue weighted by Gasteiger charge is -2.09. The fourth-order valence-electron chi connectivity index (χ4n) is 4.58. The first-order valence-corrected chi connectivity index (χ1v) is 15.6. The van der Waals surface area contributed by atoms with Gasteiger partial charge in [-0.05, 0) is 91.3 Å². The average molecular weight is 617 g/mol. The van der Waals surface area contributed by atoms with E-state index in [1.807, 2.05) is 12.1 Å². The van der Waals surface area contributed by atoms with Crippen molar-refractivity contribution in [3.63, 3.8) is 0 Å². The van der Waals surface area contributed by atoms with Gasteiger partial charge in [0.05, 0.1) is 30.2 Å². The van der Waals surface area contributed by atoms with Gasteiger partial charge in [0, 0.05) is 6.08 Å². The summed E-state index contributed by atoms with van der Waals surface area (Å²) in [6.45, 7) is 10.4. The Morgan fingerprint density at radius 1 is 0.652 bits per heavy atom. The Morgan fingerprint density at radius 2 is 1.13 bits per heavy atom. The lowest BCUT2D eigenvalue weighted by Crippen LogP contribution is -2.08. The molecule has 0 aliphatic rings. The molecule has 0 atom stereocenters. The van der Waals surface area contributed by atoms with E-state index < -0.39 is 11.9 Å². The third-order valence-electron chi connectivity index (χ3n) is 7.27. The van der Waals surface area contributed by atoms with Gasteiger partial charge in [-0.1, -0.05) is 86.7 Å². The lowest BCUT2D eigenvalue weighted by atomic mass is 10.0. The highest BCUT2D eigenvalue weighted by molar-refractivity contribution is 6.03. The first-order chi connectivity index (χ1) is 22.4. The van der Waals surface area contributed by atoms with E-state index >= 15 is 0 Å². The van der Waals surface area contributed by atoms with Crippen molar-refractivity contribution in [1.29, 1.82) is 0 Å². The number of aryl methyl sites for hydroxylation is 1. The van der Waals surface area contributed by atoms with Gasteiger partial charge < -0.3 is 14.2 Å². The molecular formula is C39H40N2O5. The zero-order valence-electron chi connectivity index (χ0n) is 26.7. The van der Waals surface area contributed by atoms with Crippen LogP contribution in [0, 0.1) is 6.92 Å². The zero-order chi connectivity index (χ0) is 32.7. The predicted octanol–water partition coefficient (Wildman–Crippen LogP) is 8.78. The number of rotatable bonds is 15. The highest BCUT2D eigenvalue weighted by atomic mass is 16.5.